The molecule has 0 bridgehead atoms. The molecule has 114 valence electrons. The molecule has 2 N–H and O–H groups in total. The average Bonchev–Trinajstić information content (AvgIpc) is 2.39. The van der Waals surface area contributed by atoms with E-state index in [0.717, 1.165) is 5.56 Å². The molecule has 1 atom stereocenters. The van der Waals surface area contributed by atoms with E-state index < -0.39 is 8.32 Å². The van der Waals surface area contributed by atoms with Crippen molar-refractivity contribution in [3.05, 3.63) is 30.1 Å². The SMILES string of the molecule is CC(C)[Si](OC(CN)c1ccncc1)(C(C)C)C(C)C. The third-order valence-corrected chi connectivity index (χ3v) is 10.5. The van der Waals surface area contributed by atoms with Gasteiger partial charge in [0.1, 0.15) is 0 Å². The van der Waals surface area contributed by atoms with Crippen LogP contribution in [0.25, 0.3) is 0 Å². The van der Waals surface area contributed by atoms with Crippen LogP contribution in [0.5, 0.6) is 0 Å². The Morgan fingerprint density at radius 2 is 1.45 bits per heavy atom. The zero-order valence-electron chi connectivity index (χ0n) is 13.8. The van der Waals surface area contributed by atoms with Crippen LogP contribution < -0.4 is 5.73 Å². The van der Waals surface area contributed by atoms with Crippen molar-refractivity contribution in [2.24, 2.45) is 5.73 Å². The van der Waals surface area contributed by atoms with E-state index in [1.165, 1.54) is 0 Å². The molecule has 1 rings (SSSR count). The molecular formula is C16H30N2OSi. The van der Waals surface area contributed by atoms with Gasteiger partial charge in [0.05, 0.1) is 6.10 Å². The van der Waals surface area contributed by atoms with E-state index >= 15 is 0 Å². The van der Waals surface area contributed by atoms with Gasteiger partial charge in [0.2, 0.25) is 8.32 Å². The van der Waals surface area contributed by atoms with Crippen LogP contribution in [0.3, 0.4) is 0 Å². The molecule has 0 aromatic carbocycles. The maximum Gasteiger partial charge on any atom is 0.201 e. The van der Waals surface area contributed by atoms with Gasteiger partial charge in [0.25, 0.3) is 0 Å². The molecule has 4 heteroatoms. The standard InChI is InChI=1S/C16H30N2OSi/c1-12(2)20(13(3)4,14(5)6)19-16(11-17)15-7-9-18-10-8-15/h7-10,12-14,16H,11,17H2,1-6H3. The number of rotatable bonds is 7. The highest BCUT2D eigenvalue weighted by atomic mass is 28.4. The Morgan fingerprint density at radius 3 is 1.80 bits per heavy atom. The molecule has 0 amide bonds. The summed E-state index contributed by atoms with van der Waals surface area (Å²) in [6.45, 7) is 14.3. The van der Waals surface area contributed by atoms with Crippen molar-refractivity contribution in [3.8, 4) is 0 Å². The zero-order chi connectivity index (χ0) is 15.3. The van der Waals surface area contributed by atoms with E-state index in [4.69, 9.17) is 10.2 Å². The third kappa shape index (κ3) is 3.48. The predicted octanol–water partition coefficient (Wildman–Crippen LogP) is 4.27. The summed E-state index contributed by atoms with van der Waals surface area (Å²) in [5.74, 6) is 0. The molecule has 3 nitrogen and oxygen atoms in total. The lowest BCUT2D eigenvalue weighted by molar-refractivity contribution is 0.183. The van der Waals surface area contributed by atoms with E-state index in [-0.39, 0.29) is 6.10 Å². The highest BCUT2D eigenvalue weighted by Gasteiger charge is 2.46. The summed E-state index contributed by atoms with van der Waals surface area (Å²) in [5.41, 5.74) is 8.83. The Labute approximate surface area is 125 Å². The fourth-order valence-corrected chi connectivity index (χ4v) is 9.03. The number of nitrogens with zero attached hydrogens (tertiary/aromatic N) is 1. The van der Waals surface area contributed by atoms with Gasteiger partial charge < -0.3 is 10.2 Å². The summed E-state index contributed by atoms with van der Waals surface area (Å²) in [6, 6.07) is 4.02. The number of hydrogen-bond donors (Lipinski definition) is 1. The maximum atomic E-state index is 6.74. The quantitative estimate of drug-likeness (QED) is 0.764. The van der Waals surface area contributed by atoms with Crippen LogP contribution in [0, 0.1) is 0 Å². The van der Waals surface area contributed by atoms with E-state index in [0.29, 0.717) is 23.2 Å². The first-order chi connectivity index (χ1) is 9.36. The Kier molecular flexibility index (Phi) is 6.36. The van der Waals surface area contributed by atoms with Crippen LogP contribution in [-0.2, 0) is 4.43 Å². The monoisotopic (exact) mass is 294 g/mol. The smallest absolute Gasteiger partial charge is 0.201 e. The molecule has 0 aliphatic rings. The van der Waals surface area contributed by atoms with Gasteiger partial charge in [-0.3, -0.25) is 4.98 Å². The zero-order valence-corrected chi connectivity index (χ0v) is 14.8. The minimum atomic E-state index is -1.89. The van der Waals surface area contributed by atoms with Crippen LogP contribution >= 0.6 is 0 Å². The van der Waals surface area contributed by atoms with Crippen LogP contribution in [0.2, 0.25) is 16.6 Å². The van der Waals surface area contributed by atoms with Gasteiger partial charge in [0.15, 0.2) is 0 Å². The van der Waals surface area contributed by atoms with Gasteiger partial charge in [-0.1, -0.05) is 41.5 Å². The van der Waals surface area contributed by atoms with E-state index in [2.05, 4.69) is 46.5 Å². The van der Waals surface area contributed by atoms with Crippen LogP contribution in [0.1, 0.15) is 53.2 Å². The molecule has 1 unspecified atom stereocenters. The summed E-state index contributed by atoms with van der Waals surface area (Å²) in [5, 5.41) is 0. The van der Waals surface area contributed by atoms with E-state index in [1.807, 2.05) is 24.5 Å². The van der Waals surface area contributed by atoms with Gasteiger partial charge >= 0.3 is 0 Å². The Morgan fingerprint density at radius 1 is 1.00 bits per heavy atom. The summed E-state index contributed by atoms with van der Waals surface area (Å²) < 4.78 is 6.74. The first-order valence-corrected chi connectivity index (χ1v) is 9.78. The number of hydrogen-bond acceptors (Lipinski definition) is 3. The number of aromatic nitrogens is 1. The second kappa shape index (κ2) is 7.34. The molecule has 0 radical (unpaired) electrons. The van der Waals surface area contributed by atoms with Gasteiger partial charge in [-0.15, -0.1) is 0 Å². The minimum absolute atomic E-state index is 0.0168. The van der Waals surface area contributed by atoms with Gasteiger partial charge in [-0.25, -0.2) is 0 Å². The number of pyridine rings is 1. The molecular weight excluding hydrogens is 264 g/mol. The Hall–Kier alpha value is -0.713. The molecule has 0 aliphatic carbocycles. The van der Waals surface area contributed by atoms with Crippen molar-refractivity contribution in [2.45, 2.75) is 64.3 Å². The molecule has 1 heterocycles. The van der Waals surface area contributed by atoms with Crippen molar-refractivity contribution in [2.75, 3.05) is 6.54 Å². The lowest BCUT2D eigenvalue weighted by Gasteiger charge is -2.44. The minimum Gasteiger partial charge on any atom is -0.408 e. The maximum absolute atomic E-state index is 6.74. The first kappa shape index (κ1) is 17.3. The molecule has 0 saturated carbocycles. The summed E-state index contributed by atoms with van der Waals surface area (Å²) in [4.78, 5) is 4.08. The van der Waals surface area contributed by atoms with Crippen molar-refractivity contribution < 1.29 is 4.43 Å². The average molecular weight is 295 g/mol. The summed E-state index contributed by atoms with van der Waals surface area (Å²) >= 11 is 0. The first-order valence-electron chi connectivity index (χ1n) is 7.64. The molecule has 0 fully saturated rings. The lowest BCUT2D eigenvalue weighted by atomic mass is 10.1. The van der Waals surface area contributed by atoms with Gasteiger partial charge in [0, 0.05) is 18.9 Å². The number of nitrogens with two attached hydrogens (primary N) is 1. The van der Waals surface area contributed by atoms with Crippen molar-refractivity contribution in [1.29, 1.82) is 0 Å². The molecule has 20 heavy (non-hydrogen) atoms. The highest BCUT2D eigenvalue weighted by Crippen LogP contribution is 2.44. The topological polar surface area (TPSA) is 48.1 Å². The predicted molar refractivity (Wildman–Crippen MR) is 88.2 cm³/mol. The van der Waals surface area contributed by atoms with Crippen LogP contribution in [-0.4, -0.2) is 19.8 Å². The largest absolute Gasteiger partial charge is 0.408 e. The van der Waals surface area contributed by atoms with Crippen molar-refractivity contribution in [3.63, 3.8) is 0 Å². The van der Waals surface area contributed by atoms with E-state index in [1.54, 1.807) is 0 Å². The highest BCUT2D eigenvalue weighted by molar-refractivity contribution is 6.77. The van der Waals surface area contributed by atoms with Crippen LogP contribution in [0.15, 0.2) is 24.5 Å². The fourth-order valence-electron chi connectivity index (χ4n) is 3.48. The second-order valence-electron chi connectivity index (χ2n) is 6.44. The molecule has 1 aromatic rings. The van der Waals surface area contributed by atoms with Crippen molar-refractivity contribution >= 4 is 8.32 Å². The molecule has 0 aliphatic heterocycles. The van der Waals surface area contributed by atoms with Crippen molar-refractivity contribution in [1.82, 2.24) is 4.98 Å². The van der Waals surface area contributed by atoms with Gasteiger partial charge in [-0.2, -0.15) is 0 Å². The summed E-state index contributed by atoms with van der Waals surface area (Å²) in [6.07, 6.45) is 3.60. The second-order valence-corrected chi connectivity index (χ2v) is 11.8. The van der Waals surface area contributed by atoms with Gasteiger partial charge in [-0.05, 0) is 34.3 Å². The molecule has 0 spiro atoms. The Balaban J connectivity index is 3.10. The third-order valence-electron chi connectivity index (χ3n) is 4.35. The molecule has 1 aromatic heterocycles. The Bertz CT molecular complexity index is 371. The van der Waals surface area contributed by atoms with E-state index in [9.17, 15) is 0 Å². The fraction of sp³-hybridized carbons (Fsp3) is 0.688. The normalized spacial score (nSPS) is 14.3. The molecule has 0 saturated heterocycles. The van der Waals surface area contributed by atoms with Crippen LogP contribution in [0.4, 0.5) is 0 Å². The lowest BCUT2D eigenvalue weighted by Crippen LogP contribution is -2.49. The summed E-state index contributed by atoms with van der Waals surface area (Å²) in [7, 11) is -1.89.